The summed E-state index contributed by atoms with van der Waals surface area (Å²) in [4.78, 5) is 3.54. The van der Waals surface area contributed by atoms with Crippen LogP contribution in [0.1, 0.15) is 8.44 Å². The lowest BCUT2D eigenvalue weighted by Crippen LogP contribution is -1.75. The molecule has 0 unspecified atom stereocenters. The zero-order valence-electron chi connectivity index (χ0n) is 6.05. The minimum absolute atomic E-state index is 0.0379. The van der Waals surface area contributed by atoms with Crippen molar-refractivity contribution in [3.8, 4) is 6.07 Å². The predicted molar refractivity (Wildman–Crippen MR) is 29.0 cm³/mol. The Bertz CT molecular complexity index is 270. The van der Waals surface area contributed by atoms with E-state index in [0.29, 0.717) is 0 Å². The van der Waals surface area contributed by atoms with Crippen LogP contribution in [0.5, 0.6) is 0 Å². The summed E-state index contributed by atoms with van der Waals surface area (Å²) in [5.41, 5.74) is 0.123. The normalized spacial score (nSPS) is 11.4. The first-order chi connectivity index (χ1) is 4.72. The van der Waals surface area contributed by atoms with Crippen molar-refractivity contribution in [1.82, 2.24) is 4.98 Å². The molecule has 0 fully saturated rings. The Hall–Kier alpha value is -1.36. The monoisotopic (exact) mass is 106 g/mol. The third-order valence-electron chi connectivity index (χ3n) is 0.667. The topological polar surface area (TPSA) is 36.7 Å². The predicted octanol–water partition coefficient (Wildman–Crippen LogP) is 0.953. The molecule has 0 aliphatic carbocycles. The number of nitriles is 1. The molecule has 0 amide bonds. The van der Waals surface area contributed by atoms with Crippen molar-refractivity contribution >= 4 is 0 Å². The summed E-state index contributed by atoms with van der Waals surface area (Å²) in [6, 6.07) is 4.50. The fourth-order valence-corrected chi connectivity index (χ4v) is 0.349. The molecule has 0 aliphatic heterocycles. The van der Waals surface area contributed by atoms with Gasteiger partial charge in [-0.15, -0.1) is 0 Å². The third-order valence-corrected chi connectivity index (χ3v) is 0.667. The number of rotatable bonds is 0. The maximum Gasteiger partial charge on any atom is 0.140 e. The minimum Gasteiger partial charge on any atom is -0.246 e. The van der Waals surface area contributed by atoms with E-state index in [2.05, 4.69) is 4.98 Å². The zero-order valence-corrected chi connectivity index (χ0v) is 4.05. The van der Waals surface area contributed by atoms with Crippen molar-refractivity contribution in [1.29, 1.82) is 5.26 Å². The van der Waals surface area contributed by atoms with Gasteiger partial charge in [0.25, 0.3) is 0 Å². The lowest BCUT2D eigenvalue weighted by atomic mass is 10.4. The van der Waals surface area contributed by atoms with Gasteiger partial charge in [-0.1, -0.05) is 6.04 Å². The van der Waals surface area contributed by atoms with Gasteiger partial charge in [0, 0.05) is 6.17 Å². The minimum atomic E-state index is -0.0379. The maximum atomic E-state index is 8.31. The highest BCUT2D eigenvalue weighted by molar-refractivity contribution is 5.18. The van der Waals surface area contributed by atoms with Crippen LogP contribution in [0.4, 0.5) is 0 Å². The van der Waals surface area contributed by atoms with Crippen molar-refractivity contribution in [2.75, 3.05) is 0 Å². The van der Waals surface area contributed by atoms with Crippen LogP contribution in [-0.2, 0) is 0 Å². The Kier molecular flexibility index (Phi) is 0.736. The molecule has 38 valence electrons. The smallest absolute Gasteiger partial charge is 0.140 e. The molecule has 0 saturated heterocycles. The quantitative estimate of drug-likeness (QED) is 0.493. The fraction of sp³-hybridized carbons (Fsp3) is 0. The molecular formula is C6H4N2. The molecule has 0 aromatic carbocycles. The molecule has 0 spiro atoms. The molecule has 0 saturated carbocycles. The number of aromatic nitrogens is 1. The molecule has 1 aromatic rings. The van der Waals surface area contributed by atoms with E-state index in [9.17, 15) is 0 Å². The van der Waals surface area contributed by atoms with Crippen LogP contribution in [0.3, 0.4) is 0 Å². The first-order valence-electron chi connectivity index (χ1n) is 3.08. The van der Waals surface area contributed by atoms with E-state index in [1.54, 1.807) is 6.07 Å². The first-order valence-corrected chi connectivity index (χ1v) is 2.08. The molecule has 0 atom stereocenters. The Morgan fingerprint density at radius 2 is 2.75 bits per heavy atom. The molecule has 0 radical (unpaired) electrons. The van der Waals surface area contributed by atoms with Gasteiger partial charge in [0.2, 0.25) is 0 Å². The van der Waals surface area contributed by atoms with Crippen LogP contribution < -0.4 is 0 Å². The van der Waals surface area contributed by atoms with Crippen LogP contribution in [0, 0.1) is 11.3 Å². The molecule has 8 heavy (non-hydrogen) atoms. The average Bonchev–Trinajstić information content (AvgIpc) is 1.85. The summed E-state index contributed by atoms with van der Waals surface area (Å²) in [5.74, 6) is 0. The van der Waals surface area contributed by atoms with Gasteiger partial charge in [-0.2, -0.15) is 5.26 Å². The van der Waals surface area contributed by atoms with Crippen LogP contribution >= 0.6 is 0 Å². The molecule has 1 heterocycles. The van der Waals surface area contributed by atoms with Crippen molar-refractivity contribution in [3.05, 3.63) is 30.0 Å². The lowest BCUT2D eigenvalue weighted by molar-refractivity contribution is 1.26. The van der Waals surface area contributed by atoms with Crippen LogP contribution in [0.25, 0.3) is 0 Å². The SMILES string of the molecule is [2H]c1cc([2H])nc(C#N)c1. The summed E-state index contributed by atoms with van der Waals surface area (Å²) < 4.78 is 14.1. The van der Waals surface area contributed by atoms with Gasteiger partial charge in [-0.25, -0.2) is 4.98 Å². The van der Waals surface area contributed by atoms with Crippen LogP contribution in [0.15, 0.2) is 24.3 Å². The first kappa shape index (κ1) is 2.83. The summed E-state index contributed by atoms with van der Waals surface area (Å²) in [5, 5.41) is 8.31. The number of pyridine rings is 1. The molecule has 2 nitrogen and oxygen atoms in total. The van der Waals surface area contributed by atoms with Gasteiger partial charge in [-0.3, -0.25) is 0 Å². The second-order valence-corrected chi connectivity index (χ2v) is 1.19. The summed E-state index contributed by atoms with van der Waals surface area (Å²) in [7, 11) is 0. The highest BCUT2D eigenvalue weighted by Crippen LogP contribution is 1.86. The van der Waals surface area contributed by atoms with Gasteiger partial charge < -0.3 is 0 Å². The van der Waals surface area contributed by atoms with Crippen molar-refractivity contribution in [3.63, 3.8) is 0 Å². The zero-order chi connectivity index (χ0) is 7.56. The second-order valence-electron chi connectivity index (χ2n) is 1.19. The summed E-state index contributed by atoms with van der Waals surface area (Å²) >= 11 is 0. The lowest BCUT2D eigenvalue weighted by Gasteiger charge is -1.79. The number of hydrogen-bond donors (Lipinski definition) is 0. The Labute approximate surface area is 50.2 Å². The molecule has 0 bridgehead atoms. The van der Waals surface area contributed by atoms with Crippen molar-refractivity contribution in [2.24, 2.45) is 0 Å². The second kappa shape index (κ2) is 2.08. The van der Waals surface area contributed by atoms with Gasteiger partial charge in [0.15, 0.2) is 0 Å². The van der Waals surface area contributed by atoms with Gasteiger partial charge in [-0.05, 0) is 12.1 Å². The van der Waals surface area contributed by atoms with Gasteiger partial charge >= 0.3 is 0 Å². The van der Waals surface area contributed by atoms with Crippen molar-refractivity contribution < 1.29 is 2.74 Å². The van der Waals surface area contributed by atoms with E-state index >= 15 is 0 Å². The Morgan fingerprint density at radius 1 is 1.88 bits per heavy atom. The van der Waals surface area contributed by atoms with Crippen LogP contribution in [0.2, 0.25) is 0 Å². The molecule has 0 N–H and O–H groups in total. The van der Waals surface area contributed by atoms with E-state index < -0.39 is 0 Å². The third kappa shape index (κ3) is 0.824. The van der Waals surface area contributed by atoms with Crippen LogP contribution in [-0.4, -0.2) is 4.98 Å². The largest absolute Gasteiger partial charge is 0.246 e. The van der Waals surface area contributed by atoms with E-state index in [0.717, 1.165) is 0 Å². The van der Waals surface area contributed by atoms with Gasteiger partial charge in [0.05, 0.1) is 2.74 Å². The summed E-state index contributed by atoms with van der Waals surface area (Å²) in [6.07, 6.45) is -0.0379. The van der Waals surface area contributed by atoms with E-state index in [-0.39, 0.29) is 17.9 Å². The van der Waals surface area contributed by atoms with Gasteiger partial charge in [0.1, 0.15) is 11.8 Å². The Balaban J connectivity index is 3.22. The highest BCUT2D eigenvalue weighted by Gasteiger charge is 1.81. The number of nitrogens with zero attached hydrogens (tertiary/aromatic N) is 2. The van der Waals surface area contributed by atoms with Crippen molar-refractivity contribution in [2.45, 2.75) is 0 Å². The molecule has 1 aromatic heterocycles. The average molecular weight is 106 g/mol. The number of hydrogen-bond acceptors (Lipinski definition) is 2. The van der Waals surface area contributed by atoms with E-state index in [1.807, 2.05) is 0 Å². The maximum absolute atomic E-state index is 8.31. The molecule has 1 rings (SSSR count). The summed E-state index contributed by atoms with van der Waals surface area (Å²) in [6.45, 7) is 0. The molecule has 0 aliphatic rings. The standard InChI is InChI=1S/C6H4N2/c7-5-6-3-1-2-4-8-6/h1-4H/i1D,4D. The molecular weight excluding hydrogens is 100 g/mol. The highest BCUT2D eigenvalue weighted by atomic mass is 14.7. The van der Waals surface area contributed by atoms with E-state index in [1.165, 1.54) is 12.1 Å². The van der Waals surface area contributed by atoms with E-state index in [4.69, 9.17) is 8.00 Å². The Morgan fingerprint density at radius 3 is 3.38 bits per heavy atom. The fourth-order valence-electron chi connectivity index (χ4n) is 0.349. The molecule has 2 heteroatoms.